The van der Waals surface area contributed by atoms with Crippen molar-refractivity contribution < 1.29 is 13.2 Å². The molecule has 0 fully saturated rings. The van der Waals surface area contributed by atoms with Gasteiger partial charge in [-0.25, -0.2) is 13.2 Å². The summed E-state index contributed by atoms with van der Waals surface area (Å²) in [6.07, 6.45) is 5.85. The van der Waals surface area contributed by atoms with Gasteiger partial charge in [0.25, 0.3) is 0 Å². The van der Waals surface area contributed by atoms with Crippen LogP contribution in [-0.4, -0.2) is 0 Å². The fourth-order valence-electron chi connectivity index (χ4n) is 4.10. The maximum absolute atomic E-state index is 15.0. The van der Waals surface area contributed by atoms with Gasteiger partial charge in [-0.3, -0.25) is 0 Å². The van der Waals surface area contributed by atoms with E-state index in [-0.39, 0.29) is 11.1 Å². The van der Waals surface area contributed by atoms with Crippen molar-refractivity contribution in [2.75, 3.05) is 0 Å². The van der Waals surface area contributed by atoms with Crippen LogP contribution in [0.15, 0.2) is 54.6 Å². The van der Waals surface area contributed by atoms with Crippen molar-refractivity contribution in [2.45, 2.75) is 39.0 Å². The van der Waals surface area contributed by atoms with Crippen LogP contribution in [0.2, 0.25) is 0 Å². The van der Waals surface area contributed by atoms with Gasteiger partial charge in [0.1, 0.15) is 29.1 Å². The van der Waals surface area contributed by atoms with Crippen LogP contribution >= 0.6 is 0 Å². The predicted octanol–water partition coefficient (Wildman–Crippen LogP) is 8.07. The van der Waals surface area contributed by atoms with E-state index in [0.29, 0.717) is 0 Å². The van der Waals surface area contributed by atoms with Gasteiger partial charge in [0.15, 0.2) is 0 Å². The first-order valence-electron chi connectivity index (χ1n) is 10.6. The molecule has 0 bridgehead atoms. The fourth-order valence-corrected chi connectivity index (χ4v) is 4.10. The highest BCUT2D eigenvalue weighted by Gasteiger charge is 2.15. The van der Waals surface area contributed by atoms with E-state index in [4.69, 9.17) is 5.26 Å². The average Bonchev–Trinajstić information content (AvgIpc) is 2.76. The number of hydrogen-bond donors (Lipinski definition) is 0. The highest BCUT2D eigenvalue weighted by atomic mass is 19.1. The zero-order chi connectivity index (χ0) is 22.0. The minimum absolute atomic E-state index is 0.0657. The van der Waals surface area contributed by atoms with Crippen molar-refractivity contribution in [3.8, 4) is 17.2 Å². The summed E-state index contributed by atoms with van der Waals surface area (Å²) >= 11 is 0. The second kappa shape index (κ2) is 8.81. The Labute approximate surface area is 179 Å². The quantitative estimate of drug-likeness (QED) is 0.230. The standard InChI is InChI=1S/C27H22F3N/c1-2-3-4-5-6-17-7-10-21-18(11-17)8-9-19-12-23(27(30)15-22(19)21)20-13-25(28)24(16-31)26(29)14-20/h7-15H,2-6H2,1H3. The molecule has 0 N–H and O–H groups in total. The number of rotatable bonds is 6. The lowest BCUT2D eigenvalue weighted by Gasteiger charge is -2.11. The molecule has 0 amide bonds. The van der Waals surface area contributed by atoms with E-state index in [1.54, 1.807) is 6.07 Å². The molecule has 31 heavy (non-hydrogen) atoms. The van der Waals surface area contributed by atoms with E-state index in [1.165, 1.54) is 37.0 Å². The molecule has 0 heterocycles. The van der Waals surface area contributed by atoms with Gasteiger partial charge >= 0.3 is 0 Å². The molecule has 0 spiro atoms. The summed E-state index contributed by atoms with van der Waals surface area (Å²) < 4.78 is 43.1. The van der Waals surface area contributed by atoms with E-state index in [1.807, 2.05) is 18.2 Å². The van der Waals surface area contributed by atoms with Crippen LogP contribution in [0.25, 0.3) is 32.7 Å². The first kappa shape index (κ1) is 20.9. The Morgan fingerprint density at radius 1 is 0.742 bits per heavy atom. The zero-order valence-electron chi connectivity index (χ0n) is 17.3. The number of unbranched alkanes of at least 4 members (excludes halogenated alkanes) is 3. The highest BCUT2D eigenvalue weighted by molar-refractivity contribution is 6.08. The number of nitriles is 1. The van der Waals surface area contributed by atoms with Gasteiger partial charge in [0.05, 0.1) is 0 Å². The molecule has 0 radical (unpaired) electrons. The van der Waals surface area contributed by atoms with Gasteiger partial charge in [-0.1, -0.05) is 56.5 Å². The molecule has 0 aromatic heterocycles. The lowest BCUT2D eigenvalue weighted by atomic mass is 9.95. The molecule has 1 nitrogen and oxygen atoms in total. The Morgan fingerprint density at radius 3 is 2.13 bits per heavy atom. The smallest absolute Gasteiger partial charge is 0.144 e. The number of halogens is 3. The molecule has 4 aromatic carbocycles. The summed E-state index contributed by atoms with van der Waals surface area (Å²) in [7, 11) is 0. The van der Waals surface area contributed by atoms with Crippen molar-refractivity contribution in [1.82, 2.24) is 0 Å². The lowest BCUT2D eigenvalue weighted by molar-refractivity contribution is 0.577. The average molecular weight is 417 g/mol. The largest absolute Gasteiger partial charge is 0.206 e. The van der Waals surface area contributed by atoms with Gasteiger partial charge in [0, 0.05) is 5.56 Å². The van der Waals surface area contributed by atoms with Crippen molar-refractivity contribution in [3.05, 3.63) is 83.2 Å². The molecular weight excluding hydrogens is 395 g/mol. The molecular formula is C27H22F3N. The van der Waals surface area contributed by atoms with E-state index in [2.05, 4.69) is 19.1 Å². The molecule has 0 aliphatic carbocycles. The molecule has 156 valence electrons. The minimum Gasteiger partial charge on any atom is -0.206 e. The molecule has 0 aliphatic rings. The van der Waals surface area contributed by atoms with Crippen LogP contribution in [0, 0.1) is 28.8 Å². The molecule has 4 rings (SSSR count). The second-order valence-corrected chi connectivity index (χ2v) is 7.91. The van der Waals surface area contributed by atoms with Gasteiger partial charge in [0.2, 0.25) is 0 Å². The number of fused-ring (bicyclic) bond motifs is 3. The maximum atomic E-state index is 15.0. The molecule has 0 saturated heterocycles. The number of hydrogen-bond acceptors (Lipinski definition) is 1. The molecule has 4 aromatic rings. The fraction of sp³-hybridized carbons (Fsp3) is 0.222. The van der Waals surface area contributed by atoms with Crippen molar-refractivity contribution in [1.29, 1.82) is 5.26 Å². The van der Waals surface area contributed by atoms with Crippen LogP contribution < -0.4 is 0 Å². The maximum Gasteiger partial charge on any atom is 0.144 e. The van der Waals surface area contributed by atoms with Gasteiger partial charge in [-0.05, 0) is 69.8 Å². The topological polar surface area (TPSA) is 23.8 Å². The van der Waals surface area contributed by atoms with Crippen LogP contribution in [0.4, 0.5) is 13.2 Å². The summed E-state index contributed by atoms with van der Waals surface area (Å²) in [5.41, 5.74) is 0.766. The van der Waals surface area contributed by atoms with Crippen LogP contribution in [0.1, 0.15) is 43.7 Å². The van der Waals surface area contributed by atoms with Gasteiger partial charge < -0.3 is 0 Å². The summed E-state index contributed by atoms with van der Waals surface area (Å²) in [6, 6.07) is 16.7. The van der Waals surface area contributed by atoms with Crippen LogP contribution in [0.5, 0.6) is 0 Å². The molecule has 4 heteroatoms. The van der Waals surface area contributed by atoms with Crippen molar-refractivity contribution in [3.63, 3.8) is 0 Å². The summed E-state index contributed by atoms with van der Waals surface area (Å²) in [4.78, 5) is 0. The third-order valence-electron chi connectivity index (χ3n) is 5.77. The lowest BCUT2D eigenvalue weighted by Crippen LogP contribution is -1.94. The molecule has 0 aliphatic heterocycles. The van der Waals surface area contributed by atoms with Gasteiger partial charge in [-0.15, -0.1) is 0 Å². The summed E-state index contributed by atoms with van der Waals surface area (Å²) in [5, 5.41) is 12.4. The first-order chi connectivity index (χ1) is 15.0. The van der Waals surface area contributed by atoms with Crippen LogP contribution in [-0.2, 0) is 6.42 Å². The normalized spacial score (nSPS) is 11.2. The third kappa shape index (κ3) is 4.14. The Morgan fingerprint density at radius 2 is 1.45 bits per heavy atom. The van der Waals surface area contributed by atoms with E-state index in [0.717, 1.165) is 46.5 Å². The summed E-state index contributed by atoms with van der Waals surface area (Å²) in [6.45, 7) is 2.19. The first-order valence-corrected chi connectivity index (χ1v) is 10.6. The molecule has 0 saturated carbocycles. The van der Waals surface area contributed by atoms with Crippen molar-refractivity contribution >= 4 is 21.5 Å². The minimum atomic E-state index is -0.998. The highest BCUT2D eigenvalue weighted by Crippen LogP contribution is 2.33. The van der Waals surface area contributed by atoms with Crippen molar-refractivity contribution in [2.24, 2.45) is 0 Å². The number of aryl methyl sites for hydroxylation is 1. The summed E-state index contributed by atoms with van der Waals surface area (Å²) in [5.74, 6) is -2.56. The number of nitrogens with zero attached hydrogens (tertiary/aromatic N) is 1. The Kier molecular flexibility index (Phi) is 5.95. The third-order valence-corrected chi connectivity index (χ3v) is 5.77. The van der Waals surface area contributed by atoms with Crippen LogP contribution in [0.3, 0.4) is 0 Å². The second-order valence-electron chi connectivity index (χ2n) is 7.91. The molecule has 0 atom stereocenters. The van der Waals surface area contributed by atoms with E-state index < -0.39 is 23.0 Å². The van der Waals surface area contributed by atoms with E-state index >= 15 is 0 Å². The van der Waals surface area contributed by atoms with Gasteiger partial charge in [-0.2, -0.15) is 5.26 Å². The predicted molar refractivity (Wildman–Crippen MR) is 119 cm³/mol. The Bertz CT molecular complexity index is 1290. The Balaban J connectivity index is 1.75. The zero-order valence-corrected chi connectivity index (χ0v) is 17.3. The van der Waals surface area contributed by atoms with E-state index in [9.17, 15) is 13.2 Å². The number of benzene rings is 4. The monoisotopic (exact) mass is 417 g/mol. The molecule has 0 unspecified atom stereocenters. The Hall–Kier alpha value is -3.32. The SMILES string of the molecule is CCCCCCc1ccc2c(ccc3cc(-c4cc(F)c(C#N)c(F)c4)c(F)cc32)c1.